The monoisotopic (exact) mass is 492 g/mol. The van der Waals surface area contributed by atoms with E-state index in [0.29, 0.717) is 17.3 Å². The van der Waals surface area contributed by atoms with Crippen LogP contribution in [-0.2, 0) is 6.18 Å². The molecule has 1 aliphatic heterocycles. The Kier molecular flexibility index (Phi) is 6.70. The van der Waals surface area contributed by atoms with Crippen molar-refractivity contribution in [2.24, 2.45) is 0 Å². The maximum Gasteiger partial charge on any atom is 0.416 e. The van der Waals surface area contributed by atoms with E-state index in [4.69, 9.17) is 10.1 Å². The molecule has 1 aromatic carbocycles. The average Bonchev–Trinajstić information content (AvgIpc) is 3.39. The van der Waals surface area contributed by atoms with E-state index in [1.54, 1.807) is 11.3 Å². The first-order chi connectivity index (χ1) is 16.4. The maximum absolute atomic E-state index is 13.1. The van der Waals surface area contributed by atoms with Gasteiger partial charge < -0.3 is 10.2 Å². The van der Waals surface area contributed by atoms with E-state index in [0.717, 1.165) is 80.0 Å². The summed E-state index contributed by atoms with van der Waals surface area (Å²) in [4.78, 5) is 10.4. The number of hydrogen-bond donors (Lipinski definition) is 1. The van der Waals surface area contributed by atoms with Crippen molar-refractivity contribution < 1.29 is 13.2 Å². The van der Waals surface area contributed by atoms with Gasteiger partial charge in [-0.15, -0.1) is 5.10 Å². The molecule has 0 amide bonds. The molecule has 6 nitrogen and oxygen atoms in total. The van der Waals surface area contributed by atoms with Gasteiger partial charge >= 0.3 is 6.18 Å². The molecule has 1 N–H and O–H groups in total. The minimum atomic E-state index is -4.35. The van der Waals surface area contributed by atoms with Gasteiger partial charge in [-0.1, -0.05) is 49.7 Å². The van der Waals surface area contributed by atoms with E-state index in [1.165, 1.54) is 31.4 Å². The lowest BCUT2D eigenvalue weighted by atomic mass is 9.95. The van der Waals surface area contributed by atoms with E-state index < -0.39 is 11.7 Å². The zero-order valence-electron chi connectivity index (χ0n) is 19.4. The highest BCUT2D eigenvalue weighted by molar-refractivity contribution is 7.20. The van der Waals surface area contributed by atoms with Gasteiger partial charge in [0.1, 0.15) is 5.69 Å². The Morgan fingerprint density at radius 1 is 1.03 bits per heavy atom. The minimum absolute atomic E-state index is 0.324. The number of fused-ring (bicyclic) bond motifs is 1. The molecular formula is C24H31F3N6S. The molecule has 1 aliphatic carbocycles. The Labute approximate surface area is 201 Å². The third kappa shape index (κ3) is 4.88. The fourth-order valence-electron chi connectivity index (χ4n) is 4.93. The molecule has 0 spiro atoms. The Bertz CT molecular complexity index is 1090. The smallest absolute Gasteiger partial charge is 0.365 e. The fraction of sp³-hybridized carbons (Fsp3) is 0.583. The van der Waals surface area contributed by atoms with Crippen molar-refractivity contribution in [1.29, 1.82) is 0 Å². The number of benzene rings is 1. The Morgan fingerprint density at radius 3 is 2.38 bits per heavy atom. The van der Waals surface area contributed by atoms with Crippen LogP contribution in [0.15, 0.2) is 24.3 Å². The Hall–Kier alpha value is -2.33. The van der Waals surface area contributed by atoms with Crippen molar-refractivity contribution in [2.45, 2.75) is 57.7 Å². The van der Waals surface area contributed by atoms with Crippen molar-refractivity contribution in [3.63, 3.8) is 0 Å². The lowest BCUT2D eigenvalue weighted by Crippen LogP contribution is -2.46. The third-order valence-corrected chi connectivity index (χ3v) is 7.78. The van der Waals surface area contributed by atoms with E-state index in [1.807, 2.05) is 4.52 Å². The standard InChI is InChI=1S/C24H31F3N6S/c1-2-12-31-13-15-32(16-14-31)23-30-33-21(28-19-6-4-3-5-7-19)20(29-22(33)34-23)17-8-10-18(11-9-17)24(25,26)27/h8-11,19,28H,2-7,12-16H2,1H3. The molecule has 5 rings (SSSR count). The third-order valence-electron chi connectivity index (χ3n) is 6.81. The van der Waals surface area contributed by atoms with Crippen molar-refractivity contribution >= 4 is 27.2 Å². The largest absolute Gasteiger partial charge is 0.416 e. The van der Waals surface area contributed by atoms with Crippen LogP contribution in [-0.4, -0.2) is 58.3 Å². The zero-order valence-corrected chi connectivity index (χ0v) is 20.3. The second-order valence-electron chi connectivity index (χ2n) is 9.27. The van der Waals surface area contributed by atoms with Gasteiger partial charge in [0.15, 0.2) is 5.82 Å². The summed E-state index contributed by atoms with van der Waals surface area (Å²) in [7, 11) is 0. The molecule has 0 atom stereocenters. The first kappa shape index (κ1) is 23.4. The second kappa shape index (κ2) is 9.73. The SMILES string of the molecule is CCCN1CCN(c2nn3c(NC4CCCCC4)c(-c4ccc(C(F)(F)F)cc4)nc3s2)CC1. The van der Waals surface area contributed by atoms with Crippen LogP contribution in [0.1, 0.15) is 51.0 Å². The molecule has 184 valence electrons. The van der Waals surface area contributed by atoms with Gasteiger partial charge in [0.05, 0.1) is 5.56 Å². The molecule has 3 heterocycles. The summed E-state index contributed by atoms with van der Waals surface area (Å²) in [5, 5.41) is 9.51. The summed E-state index contributed by atoms with van der Waals surface area (Å²) in [6.07, 6.45) is 2.57. The van der Waals surface area contributed by atoms with E-state index in [-0.39, 0.29) is 0 Å². The number of hydrogen-bond acceptors (Lipinski definition) is 6. The van der Waals surface area contributed by atoms with Crippen molar-refractivity contribution in [2.75, 3.05) is 42.9 Å². The van der Waals surface area contributed by atoms with Gasteiger partial charge in [-0.3, -0.25) is 4.90 Å². The lowest BCUT2D eigenvalue weighted by molar-refractivity contribution is -0.137. The first-order valence-electron chi connectivity index (χ1n) is 12.2. The number of imidazole rings is 1. The van der Waals surface area contributed by atoms with Gasteiger partial charge in [0.2, 0.25) is 10.1 Å². The van der Waals surface area contributed by atoms with Crippen LogP contribution in [0.3, 0.4) is 0 Å². The Morgan fingerprint density at radius 2 is 1.74 bits per heavy atom. The van der Waals surface area contributed by atoms with Crippen LogP contribution in [0.25, 0.3) is 16.2 Å². The maximum atomic E-state index is 13.1. The average molecular weight is 493 g/mol. The number of anilines is 2. The molecule has 2 fully saturated rings. The van der Waals surface area contributed by atoms with Gasteiger partial charge in [-0.05, 0) is 37.9 Å². The molecule has 3 aromatic rings. The number of rotatable bonds is 6. The van der Waals surface area contributed by atoms with Gasteiger partial charge in [-0.25, -0.2) is 4.98 Å². The topological polar surface area (TPSA) is 48.7 Å². The number of piperazine rings is 1. The summed E-state index contributed by atoms with van der Waals surface area (Å²) in [5.41, 5.74) is 0.679. The van der Waals surface area contributed by atoms with Crippen LogP contribution in [0.2, 0.25) is 0 Å². The highest BCUT2D eigenvalue weighted by atomic mass is 32.1. The first-order valence-corrected chi connectivity index (χ1v) is 13.0. The van der Waals surface area contributed by atoms with Crippen LogP contribution in [0.4, 0.5) is 24.1 Å². The summed E-state index contributed by atoms with van der Waals surface area (Å²) >= 11 is 1.55. The number of nitrogens with zero attached hydrogens (tertiary/aromatic N) is 5. The molecule has 1 saturated carbocycles. The number of alkyl halides is 3. The van der Waals surface area contributed by atoms with Crippen LogP contribution < -0.4 is 10.2 Å². The molecule has 0 radical (unpaired) electrons. The number of nitrogens with one attached hydrogen (secondary N) is 1. The minimum Gasteiger partial charge on any atom is -0.365 e. The van der Waals surface area contributed by atoms with Crippen LogP contribution in [0.5, 0.6) is 0 Å². The lowest BCUT2D eigenvalue weighted by Gasteiger charge is -2.34. The van der Waals surface area contributed by atoms with E-state index in [2.05, 4.69) is 22.0 Å². The second-order valence-corrected chi connectivity index (χ2v) is 10.2. The van der Waals surface area contributed by atoms with Crippen molar-refractivity contribution in [3.05, 3.63) is 29.8 Å². The molecule has 0 bridgehead atoms. The van der Waals surface area contributed by atoms with E-state index >= 15 is 0 Å². The van der Waals surface area contributed by atoms with Gasteiger partial charge in [-0.2, -0.15) is 17.7 Å². The van der Waals surface area contributed by atoms with Gasteiger partial charge in [0.25, 0.3) is 0 Å². The predicted octanol–water partition coefficient (Wildman–Crippen LogP) is 5.75. The molecule has 2 aliphatic rings. The molecule has 1 saturated heterocycles. The zero-order chi connectivity index (χ0) is 23.7. The summed E-state index contributed by atoms with van der Waals surface area (Å²) in [6.45, 7) is 7.26. The van der Waals surface area contributed by atoms with Crippen molar-refractivity contribution in [1.82, 2.24) is 19.5 Å². The highest BCUT2D eigenvalue weighted by Crippen LogP contribution is 2.37. The summed E-state index contributed by atoms with van der Waals surface area (Å²) < 4.78 is 41.1. The molecule has 0 unspecified atom stereocenters. The van der Waals surface area contributed by atoms with Gasteiger partial charge in [0, 0.05) is 37.8 Å². The summed E-state index contributed by atoms with van der Waals surface area (Å²) in [5.74, 6) is 0.786. The molecule has 2 aromatic heterocycles. The molecular weight excluding hydrogens is 461 g/mol. The Balaban J connectivity index is 1.45. The summed E-state index contributed by atoms with van der Waals surface area (Å²) in [6, 6.07) is 5.60. The van der Waals surface area contributed by atoms with Crippen LogP contribution >= 0.6 is 11.3 Å². The molecule has 34 heavy (non-hydrogen) atoms. The highest BCUT2D eigenvalue weighted by Gasteiger charge is 2.31. The predicted molar refractivity (Wildman–Crippen MR) is 131 cm³/mol. The van der Waals surface area contributed by atoms with Crippen molar-refractivity contribution in [3.8, 4) is 11.3 Å². The molecule has 10 heteroatoms. The quantitative estimate of drug-likeness (QED) is 0.475. The fourth-order valence-corrected chi connectivity index (χ4v) is 5.89. The number of halogens is 3. The normalized spacial score (nSPS) is 18.6. The number of aromatic nitrogens is 3. The van der Waals surface area contributed by atoms with Crippen LogP contribution in [0, 0.1) is 0 Å². The van der Waals surface area contributed by atoms with E-state index in [9.17, 15) is 13.2 Å².